The standard InChI is InChI=1S/C13H21BN2O5S/c1-12(2)13(3,4)21-14(20-12)10-6-9(8-22(15,17)18)11(19-5)16-7-10/h6-7H,8H2,1-5H3,(H2,15,17,18). The number of hydrogen-bond acceptors (Lipinski definition) is 6. The van der Waals surface area contributed by atoms with Crippen LogP contribution in [0.4, 0.5) is 0 Å². The van der Waals surface area contributed by atoms with Crippen LogP contribution in [0.25, 0.3) is 0 Å². The van der Waals surface area contributed by atoms with Gasteiger partial charge < -0.3 is 14.0 Å². The number of hydrogen-bond donors (Lipinski definition) is 1. The highest BCUT2D eigenvalue weighted by Crippen LogP contribution is 2.36. The van der Waals surface area contributed by atoms with E-state index in [1.54, 1.807) is 12.3 Å². The molecule has 0 radical (unpaired) electrons. The van der Waals surface area contributed by atoms with Crippen LogP contribution in [0, 0.1) is 0 Å². The Labute approximate surface area is 131 Å². The van der Waals surface area contributed by atoms with Crippen molar-refractivity contribution < 1.29 is 22.5 Å². The van der Waals surface area contributed by atoms with Gasteiger partial charge >= 0.3 is 7.12 Å². The van der Waals surface area contributed by atoms with E-state index in [9.17, 15) is 8.42 Å². The molecule has 9 heteroatoms. The number of nitrogens with two attached hydrogens (primary N) is 1. The van der Waals surface area contributed by atoms with E-state index >= 15 is 0 Å². The van der Waals surface area contributed by atoms with Gasteiger partial charge in [-0.2, -0.15) is 0 Å². The summed E-state index contributed by atoms with van der Waals surface area (Å²) < 4.78 is 39.6. The number of rotatable bonds is 4. The fourth-order valence-corrected chi connectivity index (χ4v) is 2.77. The van der Waals surface area contributed by atoms with Crippen molar-refractivity contribution >= 4 is 22.6 Å². The van der Waals surface area contributed by atoms with E-state index in [0.717, 1.165) is 0 Å². The molecule has 0 unspecified atom stereocenters. The highest BCUT2D eigenvalue weighted by atomic mass is 32.2. The highest BCUT2D eigenvalue weighted by molar-refractivity contribution is 7.88. The van der Waals surface area contributed by atoms with Gasteiger partial charge in [0, 0.05) is 17.2 Å². The van der Waals surface area contributed by atoms with Crippen molar-refractivity contribution in [2.75, 3.05) is 7.11 Å². The Kier molecular flexibility index (Phi) is 4.29. The predicted molar refractivity (Wildman–Crippen MR) is 83.3 cm³/mol. The van der Waals surface area contributed by atoms with Crippen molar-refractivity contribution in [3.05, 3.63) is 17.8 Å². The number of nitrogens with zero attached hydrogens (tertiary/aromatic N) is 1. The lowest BCUT2D eigenvalue weighted by molar-refractivity contribution is 0.00578. The van der Waals surface area contributed by atoms with Gasteiger partial charge in [0.1, 0.15) is 0 Å². The summed E-state index contributed by atoms with van der Waals surface area (Å²) in [7, 11) is -2.90. The van der Waals surface area contributed by atoms with E-state index < -0.39 is 28.3 Å². The third-order valence-electron chi connectivity index (χ3n) is 4.02. The molecular weight excluding hydrogens is 307 g/mol. The molecule has 1 saturated heterocycles. The molecule has 0 spiro atoms. The predicted octanol–water partition coefficient (Wildman–Crippen LogP) is 0.178. The van der Waals surface area contributed by atoms with E-state index in [1.165, 1.54) is 7.11 Å². The summed E-state index contributed by atoms with van der Waals surface area (Å²) in [6.45, 7) is 7.76. The second-order valence-electron chi connectivity index (χ2n) is 6.33. The van der Waals surface area contributed by atoms with Crippen molar-refractivity contribution in [2.45, 2.75) is 44.6 Å². The molecule has 1 aliphatic rings. The van der Waals surface area contributed by atoms with Crippen LogP contribution in [0.3, 0.4) is 0 Å². The van der Waals surface area contributed by atoms with Gasteiger partial charge in [0.2, 0.25) is 15.9 Å². The Morgan fingerprint density at radius 3 is 2.27 bits per heavy atom. The molecule has 7 nitrogen and oxygen atoms in total. The minimum atomic E-state index is -3.70. The molecule has 1 aromatic heterocycles. The summed E-state index contributed by atoms with van der Waals surface area (Å²) in [5, 5.41) is 5.11. The Bertz CT molecular complexity index is 659. The minimum absolute atomic E-state index is 0.217. The van der Waals surface area contributed by atoms with Crippen molar-refractivity contribution in [3.63, 3.8) is 0 Å². The molecule has 122 valence electrons. The minimum Gasteiger partial charge on any atom is -0.481 e. The highest BCUT2D eigenvalue weighted by Gasteiger charge is 2.51. The van der Waals surface area contributed by atoms with E-state index in [4.69, 9.17) is 19.2 Å². The first kappa shape index (κ1) is 17.2. The molecule has 1 fully saturated rings. The molecule has 0 aliphatic carbocycles. The zero-order valence-electron chi connectivity index (χ0n) is 13.4. The third kappa shape index (κ3) is 3.43. The molecule has 0 saturated carbocycles. The zero-order valence-corrected chi connectivity index (χ0v) is 14.2. The number of primary sulfonamides is 1. The van der Waals surface area contributed by atoms with E-state index in [0.29, 0.717) is 11.0 Å². The van der Waals surface area contributed by atoms with Gasteiger partial charge in [-0.15, -0.1) is 0 Å². The largest absolute Gasteiger partial charge is 0.496 e. The Morgan fingerprint density at radius 1 is 1.27 bits per heavy atom. The summed E-state index contributed by atoms with van der Waals surface area (Å²) in [6, 6.07) is 1.64. The van der Waals surface area contributed by atoms with Crippen LogP contribution in [0.1, 0.15) is 33.3 Å². The summed E-state index contributed by atoms with van der Waals surface area (Å²) >= 11 is 0. The lowest BCUT2D eigenvalue weighted by Crippen LogP contribution is -2.41. The molecule has 0 bridgehead atoms. The second-order valence-corrected chi connectivity index (χ2v) is 7.95. The molecule has 0 aromatic carbocycles. The summed E-state index contributed by atoms with van der Waals surface area (Å²) in [4.78, 5) is 4.12. The van der Waals surface area contributed by atoms with E-state index in [-0.39, 0.29) is 11.6 Å². The maximum absolute atomic E-state index is 11.3. The quantitative estimate of drug-likeness (QED) is 0.791. The average molecular weight is 328 g/mol. The van der Waals surface area contributed by atoms with Gasteiger partial charge in [-0.3, -0.25) is 0 Å². The monoisotopic (exact) mass is 328 g/mol. The molecule has 22 heavy (non-hydrogen) atoms. The summed E-state index contributed by atoms with van der Waals surface area (Å²) in [6.07, 6.45) is 1.55. The van der Waals surface area contributed by atoms with E-state index in [2.05, 4.69) is 4.98 Å². The lowest BCUT2D eigenvalue weighted by Gasteiger charge is -2.32. The van der Waals surface area contributed by atoms with Crippen molar-refractivity contribution in [3.8, 4) is 5.88 Å². The van der Waals surface area contributed by atoms with Crippen LogP contribution in [-0.2, 0) is 25.1 Å². The van der Waals surface area contributed by atoms with E-state index in [1.807, 2.05) is 27.7 Å². The first-order chi connectivity index (χ1) is 9.95. The second kappa shape index (κ2) is 5.49. The number of aromatic nitrogens is 1. The van der Waals surface area contributed by atoms with Crippen LogP contribution in [0.15, 0.2) is 12.3 Å². The molecular formula is C13H21BN2O5S. The first-order valence-corrected chi connectivity index (χ1v) is 8.56. The fourth-order valence-electron chi connectivity index (χ4n) is 2.13. The molecule has 2 heterocycles. The molecule has 1 aliphatic heterocycles. The van der Waals surface area contributed by atoms with Crippen molar-refractivity contribution in [1.29, 1.82) is 0 Å². The Hall–Kier alpha value is -1.16. The first-order valence-electron chi connectivity index (χ1n) is 6.84. The summed E-state index contributed by atoms with van der Waals surface area (Å²) in [5.74, 6) is -0.148. The van der Waals surface area contributed by atoms with Crippen LogP contribution in [0.5, 0.6) is 5.88 Å². The van der Waals surface area contributed by atoms with Crippen LogP contribution in [0.2, 0.25) is 0 Å². The van der Waals surface area contributed by atoms with Gasteiger partial charge in [0.05, 0.1) is 24.1 Å². The topological polar surface area (TPSA) is 101 Å². The third-order valence-corrected chi connectivity index (χ3v) is 4.74. The molecule has 2 rings (SSSR count). The molecule has 0 amide bonds. The normalized spacial score (nSPS) is 20.2. The lowest BCUT2D eigenvalue weighted by atomic mass is 9.80. The van der Waals surface area contributed by atoms with Gasteiger partial charge in [0.15, 0.2) is 0 Å². The maximum Gasteiger partial charge on any atom is 0.496 e. The van der Waals surface area contributed by atoms with Crippen LogP contribution in [-0.4, -0.2) is 38.8 Å². The Balaban J connectivity index is 2.36. The van der Waals surface area contributed by atoms with Crippen molar-refractivity contribution in [2.24, 2.45) is 5.14 Å². The number of methoxy groups -OCH3 is 1. The maximum atomic E-state index is 11.3. The average Bonchev–Trinajstić information content (AvgIpc) is 2.56. The van der Waals surface area contributed by atoms with Crippen LogP contribution >= 0.6 is 0 Å². The fraction of sp³-hybridized carbons (Fsp3) is 0.615. The number of sulfonamides is 1. The van der Waals surface area contributed by atoms with Gasteiger partial charge in [-0.25, -0.2) is 18.5 Å². The van der Waals surface area contributed by atoms with Crippen molar-refractivity contribution in [1.82, 2.24) is 4.98 Å². The molecule has 1 aromatic rings. The smallest absolute Gasteiger partial charge is 0.481 e. The Morgan fingerprint density at radius 2 is 1.82 bits per heavy atom. The van der Waals surface area contributed by atoms with Gasteiger partial charge in [-0.05, 0) is 27.7 Å². The number of ether oxygens (including phenoxy) is 1. The molecule has 2 N–H and O–H groups in total. The number of pyridine rings is 1. The molecule has 0 atom stereocenters. The van der Waals surface area contributed by atoms with Gasteiger partial charge in [0.25, 0.3) is 0 Å². The van der Waals surface area contributed by atoms with Gasteiger partial charge in [-0.1, -0.05) is 6.07 Å². The zero-order chi connectivity index (χ0) is 16.8. The van der Waals surface area contributed by atoms with Crippen LogP contribution < -0.4 is 15.3 Å². The SMILES string of the molecule is COc1ncc(B2OC(C)(C)C(C)(C)O2)cc1CS(N)(=O)=O. The summed E-state index contributed by atoms with van der Waals surface area (Å²) in [5.41, 5.74) is 0.0189.